The first-order valence-electron chi connectivity index (χ1n) is 12.1. The lowest BCUT2D eigenvalue weighted by Gasteiger charge is -2.10. The summed E-state index contributed by atoms with van der Waals surface area (Å²) in [5.74, 6) is 0.159. The molecule has 0 heterocycles. The molecule has 4 heteroatoms. The van der Waals surface area contributed by atoms with Crippen molar-refractivity contribution in [3.05, 3.63) is 83.9 Å². The Morgan fingerprint density at radius 2 is 0.824 bits per heavy atom. The van der Waals surface area contributed by atoms with Crippen molar-refractivity contribution >= 4 is 11.9 Å². The van der Waals surface area contributed by atoms with E-state index in [1.54, 1.807) is 24.3 Å². The molecule has 0 aliphatic rings. The van der Waals surface area contributed by atoms with Crippen LogP contribution in [0.1, 0.15) is 61.3 Å². The average molecular weight is 459 g/mol. The first-order chi connectivity index (χ1) is 16.4. The molecule has 34 heavy (non-hydrogen) atoms. The summed E-state index contributed by atoms with van der Waals surface area (Å²) in [6, 6.07) is 23.2. The first-order valence-corrected chi connectivity index (χ1v) is 12.1. The molecular weight excluding hydrogens is 424 g/mol. The molecule has 0 spiro atoms. The van der Waals surface area contributed by atoms with E-state index in [0.717, 1.165) is 35.1 Å². The Balaban J connectivity index is 1.62. The number of ether oxygens (including phenoxy) is 2. The first kappa shape index (κ1) is 25.2. The van der Waals surface area contributed by atoms with Gasteiger partial charge in [0.1, 0.15) is 0 Å². The molecule has 0 saturated heterocycles. The van der Waals surface area contributed by atoms with Crippen LogP contribution in [0, 0.1) is 11.8 Å². The summed E-state index contributed by atoms with van der Waals surface area (Å²) in [4.78, 5) is 24.4. The quantitative estimate of drug-likeness (QED) is 0.297. The van der Waals surface area contributed by atoms with E-state index in [1.165, 1.54) is 0 Å². The highest BCUT2D eigenvalue weighted by Crippen LogP contribution is 2.26. The number of hydrogen-bond acceptors (Lipinski definition) is 4. The third-order valence-electron chi connectivity index (χ3n) is 6.18. The number of rotatable bonds is 10. The lowest BCUT2D eigenvalue weighted by Crippen LogP contribution is -2.11. The number of hydrogen-bond donors (Lipinski definition) is 0. The second-order valence-electron chi connectivity index (χ2n) is 8.96. The monoisotopic (exact) mass is 458 g/mol. The molecule has 3 aromatic rings. The summed E-state index contributed by atoms with van der Waals surface area (Å²) < 4.78 is 10.8. The van der Waals surface area contributed by atoms with Crippen molar-refractivity contribution < 1.29 is 19.1 Å². The molecule has 2 atom stereocenters. The van der Waals surface area contributed by atoms with E-state index in [0.29, 0.717) is 36.2 Å². The maximum absolute atomic E-state index is 12.2. The van der Waals surface area contributed by atoms with Gasteiger partial charge in [-0.05, 0) is 58.4 Å². The minimum absolute atomic E-state index is 0.283. The Morgan fingerprint density at radius 1 is 0.559 bits per heavy atom. The van der Waals surface area contributed by atoms with Gasteiger partial charge in [-0.25, -0.2) is 9.59 Å². The summed E-state index contributed by atoms with van der Waals surface area (Å²) in [6.07, 6.45) is 1.97. The van der Waals surface area contributed by atoms with Crippen molar-refractivity contribution in [3.8, 4) is 22.3 Å². The van der Waals surface area contributed by atoms with Crippen molar-refractivity contribution in [1.29, 1.82) is 0 Å². The molecule has 0 amide bonds. The molecule has 0 aliphatic heterocycles. The lowest BCUT2D eigenvalue weighted by atomic mass is 9.99. The zero-order valence-corrected chi connectivity index (χ0v) is 20.5. The van der Waals surface area contributed by atoms with Crippen molar-refractivity contribution in [3.63, 3.8) is 0 Å². The molecule has 0 N–H and O–H groups in total. The van der Waals surface area contributed by atoms with Crippen LogP contribution in [0.4, 0.5) is 0 Å². The van der Waals surface area contributed by atoms with Crippen LogP contribution in [0.5, 0.6) is 0 Å². The lowest BCUT2D eigenvalue weighted by molar-refractivity contribution is 0.0438. The molecule has 0 aromatic heterocycles. The number of carbonyl (C=O) groups is 2. The van der Waals surface area contributed by atoms with E-state index >= 15 is 0 Å². The molecule has 3 rings (SSSR count). The van der Waals surface area contributed by atoms with Gasteiger partial charge < -0.3 is 9.47 Å². The van der Waals surface area contributed by atoms with Gasteiger partial charge in [0.25, 0.3) is 0 Å². The fraction of sp³-hybridized carbons (Fsp3) is 0.333. The Labute approximate surface area is 202 Å². The molecule has 0 fully saturated rings. The molecule has 0 radical (unpaired) electrons. The van der Waals surface area contributed by atoms with Crippen LogP contribution >= 0.6 is 0 Å². The molecule has 178 valence electrons. The minimum Gasteiger partial charge on any atom is -0.462 e. The van der Waals surface area contributed by atoms with E-state index in [2.05, 4.69) is 52.0 Å². The molecular formula is C30H34O4. The van der Waals surface area contributed by atoms with Crippen molar-refractivity contribution in [1.82, 2.24) is 0 Å². The summed E-state index contributed by atoms with van der Waals surface area (Å²) >= 11 is 0. The standard InChI is InChI=1S/C30H34O4/c1-5-21(3)19-33-29(31)27-15-11-25(12-16-27)23-7-9-24(10-8-23)26-13-17-28(18-14-26)30(32)34-20-22(4)6-2/h7-18,21-22H,5-6,19-20H2,1-4H3/t21-,22-/m1/s1. The smallest absolute Gasteiger partial charge is 0.338 e. The third kappa shape index (κ3) is 6.80. The minimum atomic E-state index is -0.283. The summed E-state index contributed by atoms with van der Waals surface area (Å²) in [6.45, 7) is 9.19. The Kier molecular flexibility index (Phi) is 9.03. The molecule has 0 unspecified atom stereocenters. The highest BCUT2D eigenvalue weighted by atomic mass is 16.5. The molecule has 4 nitrogen and oxygen atoms in total. The summed E-state index contributed by atoms with van der Waals surface area (Å²) in [5, 5.41) is 0. The fourth-order valence-electron chi connectivity index (χ4n) is 3.29. The van der Waals surface area contributed by atoms with Crippen LogP contribution in [-0.2, 0) is 9.47 Å². The predicted molar refractivity (Wildman–Crippen MR) is 137 cm³/mol. The van der Waals surface area contributed by atoms with E-state index < -0.39 is 0 Å². The average Bonchev–Trinajstić information content (AvgIpc) is 2.90. The Morgan fingerprint density at radius 3 is 1.09 bits per heavy atom. The second-order valence-corrected chi connectivity index (χ2v) is 8.96. The molecule has 0 saturated carbocycles. The van der Waals surface area contributed by atoms with Gasteiger partial charge in [0, 0.05) is 0 Å². The van der Waals surface area contributed by atoms with Crippen molar-refractivity contribution in [2.75, 3.05) is 13.2 Å². The molecule has 0 bridgehead atoms. The van der Waals surface area contributed by atoms with Gasteiger partial charge in [-0.1, -0.05) is 89.1 Å². The van der Waals surface area contributed by atoms with Crippen LogP contribution in [-0.4, -0.2) is 25.2 Å². The van der Waals surface area contributed by atoms with Gasteiger partial charge in [-0.3, -0.25) is 0 Å². The van der Waals surface area contributed by atoms with E-state index in [-0.39, 0.29) is 11.9 Å². The second kappa shape index (κ2) is 12.2. The highest BCUT2D eigenvalue weighted by Gasteiger charge is 2.11. The van der Waals surface area contributed by atoms with Gasteiger partial charge in [0.15, 0.2) is 0 Å². The maximum atomic E-state index is 12.2. The van der Waals surface area contributed by atoms with E-state index in [9.17, 15) is 9.59 Å². The van der Waals surface area contributed by atoms with Gasteiger partial charge in [0.2, 0.25) is 0 Å². The van der Waals surface area contributed by atoms with Crippen LogP contribution < -0.4 is 0 Å². The number of esters is 2. The van der Waals surface area contributed by atoms with Crippen LogP contribution in [0.25, 0.3) is 22.3 Å². The van der Waals surface area contributed by atoms with Gasteiger partial charge >= 0.3 is 11.9 Å². The largest absolute Gasteiger partial charge is 0.462 e. The Hall–Kier alpha value is -3.40. The Bertz CT molecular complexity index is 978. The predicted octanol–water partition coefficient (Wildman–Crippen LogP) is 7.43. The number of benzene rings is 3. The van der Waals surface area contributed by atoms with E-state index in [1.807, 2.05) is 24.3 Å². The van der Waals surface area contributed by atoms with Gasteiger partial charge in [-0.15, -0.1) is 0 Å². The van der Waals surface area contributed by atoms with Crippen LogP contribution in [0.3, 0.4) is 0 Å². The summed E-state index contributed by atoms with van der Waals surface area (Å²) in [5.41, 5.74) is 5.31. The SMILES string of the molecule is CC[C@@H](C)COC(=O)c1ccc(-c2ccc(-c3ccc(C(=O)OC[C@H](C)CC)cc3)cc2)cc1. The maximum Gasteiger partial charge on any atom is 0.338 e. The zero-order valence-electron chi connectivity index (χ0n) is 20.5. The third-order valence-corrected chi connectivity index (χ3v) is 6.18. The number of carbonyl (C=O) groups excluding carboxylic acids is 2. The van der Waals surface area contributed by atoms with Gasteiger partial charge in [-0.2, -0.15) is 0 Å². The zero-order chi connectivity index (χ0) is 24.5. The van der Waals surface area contributed by atoms with Crippen LogP contribution in [0.2, 0.25) is 0 Å². The summed E-state index contributed by atoms with van der Waals surface area (Å²) in [7, 11) is 0. The van der Waals surface area contributed by atoms with Crippen molar-refractivity contribution in [2.24, 2.45) is 11.8 Å². The van der Waals surface area contributed by atoms with E-state index in [4.69, 9.17) is 9.47 Å². The fourth-order valence-corrected chi connectivity index (χ4v) is 3.29. The van der Waals surface area contributed by atoms with Crippen molar-refractivity contribution in [2.45, 2.75) is 40.5 Å². The molecule has 3 aromatic carbocycles. The topological polar surface area (TPSA) is 52.6 Å². The molecule has 0 aliphatic carbocycles. The van der Waals surface area contributed by atoms with Gasteiger partial charge in [0.05, 0.1) is 24.3 Å². The normalized spacial score (nSPS) is 12.6. The van der Waals surface area contributed by atoms with Crippen LogP contribution in [0.15, 0.2) is 72.8 Å². The highest BCUT2D eigenvalue weighted by molar-refractivity contribution is 5.91.